The van der Waals surface area contributed by atoms with Crippen molar-refractivity contribution in [3.8, 4) is 5.75 Å². The van der Waals surface area contributed by atoms with Gasteiger partial charge < -0.3 is 14.8 Å². The molecule has 0 amide bonds. The van der Waals surface area contributed by atoms with Crippen LogP contribution in [0.2, 0.25) is 0 Å². The van der Waals surface area contributed by atoms with E-state index in [0.29, 0.717) is 11.2 Å². The number of aromatic nitrogens is 1. The number of rotatable bonds is 2. The van der Waals surface area contributed by atoms with Crippen LogP contribution in [0, 0.1) is 12.7 Å². The Balaban J connectivity index is 2.94. The summed E-state index contributed by atoms with van der Waals surface area (Å²) in [4.78, 5) is 14.0. The molecule has 2 rings (SSSR count). The Morgan fingerprint density at radius 3 is 2.75 bits per heavy atom. The summed E-state index contributed by atoms with van der Waals surface area (Å²) in [5.41, 5.74) is 1.07. The fraction of sp³-hybridized carbons (Fsp3) is 0.182. The molecule has 4 nitrogen and oxygen atoms in total. The zero-order valence-corrected chi connectivity index (χ0v) is 8.80. The van der Waals surface area contributed by atoms with E-state index in [9.17, 15) is 9.18 Å². The molecule has 84 valence electrons. The standard InChI is InChI=1S/C11H10FNO3/c1-5-8(11(14)15)9-7(13-5)4-3-6(12)10(9)16-2/h3-4,13H,1-2H3,(H,14,15). The van der Waals surface area contributed by atoms with Gasteiger partial charge >= 0.3 is 5.97 Å². The third-order valence-corrected chi connectivity index (χ3v) is 2.47. The van der Waals surface area contributed by atoms with Crippen LogP contribution in [-0.4, -0.2) is 23.2 Å². The molecule has 0 atom stereocenters. The van der Waals surface area contributed by atoms with Crippen LogP contribution in [-0.2, 0) is 0 Å². The summed E-state index contributed by atoms with van der Waals surface area (Å²) < 4.78 is 18.3. The quantitative estimate of drug-likeness (QED) is 0.821. The maximum Gasteiger partial charge on any atom is 0.338 e. The van der Waals surface area contributed by atoms with E-state index in [2.05, 4.69) is 4.98 Å². The normalized spacial score (nSPS) is 10.7. The molecule has 2 aromatic rings. The second-order valence-electron chi connectivity index (χ2n) is 3.43. The molecule has 1 aromatic heterocycles. The van der Waals surface area contributed by atoms with Gasteiger partial charge in [0.05, 0.1) is 23.6 Å². The van der Waals surface area contributed by atoms with Crippen molar-refractivity contribution in [1.82, 2.24) is 4.98 Å². The number of carboxylic acid groups (broad SMARTS) is 1. The van der Waals surface area contributed by atoms with Gasteiger partial charge in [0.15, 0.2) is 11.6 Å². The molecule has 16 heavy (non-hydrogen) atoms. The van der Waals surface area contributed by atoms with Crippen molar-refractivity contribution in [2.24, 2.45) is 0 Å². The Kier molecular flexibility index (Phi) is 2.30. The Morgan fingerprint density at radius 1 is 1.50 bits per heavy atom. The van der Waals surface area contributed by atoms with Gasteiger partial charge in [-0.1, -0.05) is 0 Å². The zero-order chi connectivity index (χ0) is 11.9. The van der Waals surface area contributed by atoms with Crippen LogP contribution >= 0.6 is 0 Å². The Morgan fingerprint density at radius 2 is 2.19 bits per heavy atom. The number of fused-ring (bicyclic) bond motifs is 1. The average Bonchev–Trinajstić information content (AvgIpc) is 2.54. The molecule has 0 aliphatic rings. The van der Waals surface area contributed by atoms with Crippen molar-refractivity contribution in [2.45, 2.75) is 6.92 Å². The lowest BCUT2D eigenvalue weighted by Crippen LogP contribution is -1.99. The number of carbonyl (C=O) groups is 1. The van der Waals surface area contributed by atoms with Crippen LogP contribution in [0.3, 0.4) is 0 Å². The summed E-state index contributed by atoms with van der Waals surface area (Å²) in [6.45, 7) is 1.63. The number of nitrogens with one attached hydrogen (secondary N) is 1. The average molecular weight is 223 g/mol. The lowest BCUT2D eigenvalue weighted by molar-refractivity contribution is 0.0698. The monoisotopic (exact) mass is 223 g/mol. The minimum absolute atomic E-state index is 0.0424. The van der Waals surface area contributed by atoms with Crippen LogP contribution in [0.1, 0.15) is 16.1 Å². The fourth-order valence-corrected chi connectivity index (χ4v) is 1.83. The molecule has 0 aliphatic heterocycles. The predicted molar refractivity (Wildman–Crippen MR) is 56.5 cm³/mol. The van der Waals surface area contributed by atoms with Gasteiger partial charge in [0.25, 0.3) is 0 Å². The van der Waals surface area contributed by atoms with Gasteiger partial charge in [-0.3, -0.25) is 0 Å². The maximum absolute atomic E-state index is 13.4. The number of methoxy groups -OCH3 is 1. The third kappa shape index (κ3) is 1.32. The highest BCUT2D eigenvalue weighted by Gasteiger charge is 2.20. The van der Waals surface area contributed by atoms with Crippen molar-refractivity contribution < 1.29 is 19.0 Å². The topological polar surface area (TPSA) is 62.3 Å². The number of aryl methyl sites for hydroxylation is 1. The first-order valence-corrected chi connectivity index (χ1v) is 4.64. The molecule has 0 saturated carbocycles. The molecule has 0 fully saturated rings. The number of benzene rings is 1. The van der Waals surface area contributed by atoms with Gasteiger partial charge in [-0.15, -0.1) is 0 Å². The predicted octanol–water partition coefficient (Wildman–Crippen LogP) is 2.32. The van der Waals surface area contributed by atoms with Gasteiger partial charge in [0, 0.05) is 5.69 Å². The summed E-state index contributed by atoms with van der Waals surface area (Å²) in [5.74, 6) is -1.72. The number of hydrogen-bond acceptors (Lipinski definition) is 2. The van der Waals surface area contributed by atoms with Gasteiger partial charge in [-0.25, -0.2) is 9.18 Å². The molecule has 5 heteroatoms. The fourth-order valence-electron chi connectivity index (χ4n) is 1.83. The second kappa shape index (κ2) is 3.52. The summed E-state index contributed by atoms with van der Waals surface area (Å²) >= 11 is 0. The Bertz CT molecular complexity index is 574. The van der Waals surface area contributed by atoms with Crippen molar-refractivity contribution in [3.63, 3.8) is 0 Å². The minimum atomic E-state index is -1.10. The first-order chi connectivity index (χ1) is 7.56. The molecule has 0 bridgehead atoms. The van der Waals surface area contributed by atoms with Gasteiger partial charge in [0.1, 0.15) is 0 Å². The zero-order valence-electron chi connectivity index (χ0n) is 8.80. The highest BCUT2D eigenvalue weighted by Crippen LogP contribution is 2.33. The summed E-state index contributed by atoms with van der Waals surface area (Å²) in [6.07, 6.45) is 0. The smallest absolute Gasteiger partial charge is 0.338 e. The summed E-state index contributed by atoms with van der Waals surface area (Å²) in [6, 6.07) is 2.73. The first-order valence-electron chi connectivity index (χ1n) is 4.64. The van der Waals surface area contributed by atoms with E-state index in [1.165, 1.54) is 19.2 Å². The number of halogens is 1. The number of aromatic carboxylic acids is 1. The second-order valence-corrected chi connectivity index (χ2v) is 3.43. The molecule has 0 aliphatic carbocycles. The molecular formula is C11H10FNO3. The van der Waals surface area contributed by atoms with Crippen LogP contribution in [0.25, 0.3) is 10.9 Å². The Labute approximate surface area is 90.7 Å². The number of H-pyrrole nitrogens is 1. The molecule has 0 spiro atoms. The van der Waals surface area contributed by atoms with Crippen molar-refractivity contribution in [3.05, 3.63) is 29.2 Å². The van der Waals surface area contributed by atoms with Crippen LogP contribution in [0.15, 0.2) is 12.1 Å². The molecule has 0 unspecified atom stereocenters. The van der Waals surface area contributed by atoms with E-state index in [0.717, 1.165) is 0 Å². The number of ether oxygens (including phenoxy) is 1. The maximum atomic E-state index is 13.4. The summed E-state index contributed by atoms with van der Waals surface area (Å²) in [7, 11) is 1.31. The summed E-state index contributed by atoms with van der Waals surface area (Å²) in [5, 5.41) is 9.34. The van der Waals surface area contributed by atoms with E-state index in [-0.39, 0.29) is 16.7 Å². The Hall–Kier alpha value is -2.04. The number of aromatic amines is 1. The van der Waals surface area contributed by atoms with Crippen molar-refractivity contribution in [1.29, 1.82) is 0 Å². The number of hydrogen-bond donors (Lipinski definition) is 2. The van der Waals surface area contributed by atoms with E-state index in [4.69, 9.17) is 9.84 Å². The van der Waals surface area contributed by atoms with Crippen LogP contribution in [0.4, 0.5) is 4.39 Å². The van der Waals surface area contributed by atoms with E-state index >= 15 is 0 Å². The van der Waals surface area contributed by atoms with E-state index < -0.39 is 11.8 Å². The molecule has 1 aromatic carbocycles. The molecule has 1 heterocycles. The molecular weight excluding hydrogens is 213 g/mol. The first kappa shape index (κ1) is 10.5. The van der Waals surface area contributed by atoms with Crippen molar-refractivity contribution >= 4 is 16.9 Å². The van der Waals surface area contributed by atoms with E-state index in [1.54, 1.807) is 6.92 Å². The number of carboxylic acids is 1. The highest BCUT2D eigenvalue weighted by atomic mass is 19.1. The van der Waals surface area contributed by atoms with Gasteiger partial charge in [-0.2, -0.15) is 0 Å². The van der Waals surface area contributed by atoms with Gasteiger partial charge in [-0.05, 0) is 19.1 Å². The van der Waals surface area contributed by atoms with Gasteiger partial charge in [0.2, 0.25) is 0 Å². The lowest BCUT2D eigenvalue weighted by atomic mass is 10.1. The molecule has 0 radical (unpaired) electrons. The SMILES string of the molecule is COc1c(F)ccc2[nH]c(C)c(C(=O)O)c12. The third-order valence-electron chi connectivity index (χ3n) is 2.47. The van der Waals surface area contributed by atoms with Crippen molar-refractivity contribution in [2.75, 3.05) is 7.11 Å². The lowest BCUT2D eigenvalue weighted by Gasteiger charge is -2.04. The largest absolute Gasteiger partial charge is 0.493 e. The van der Waals surface area contributed by atoms with Crippen LogP contribution in [0.5, 0.6) is 5.75 Å². The highest BCUT2D eigenvalue weighted by molar-refractivity contribution is 6.07. The van der Waals surface area contributed by atoms with E-state index in [1.807, 2.05) is 0 Å². The van der Waals surface area contributed by atoms with Crippen LogP contribution < -0.4 is 4.74 Å². The molecule has 0 saturated heterocycles. The molecule has 2 N–H and O–H groups in total. The minimum Gasteiger partial charge on any atom is -0.493 e.